The zero-order valence-corrected chi connectivity index (χ0v) is 11.6. The van der Waals surface area contributed by atoms with Crippen LogP contribution in [0.1, 0.15) is 27.4 Å². The molecule has 0 heterocycles. The first-order valence-corrected chi connectivity index (χ1v) is 6.70. The van der Waals surface area contributed by atoms with Crippen molar-refractivity contribution >= 4 is 17.8 Å². The molecule has 0 N–H and O–H groups in total. The molecule has 3 nitrogen and oxygen atoms in total. The van der Waals surface area contributed by atoms with Gasteiger partial charge in [0.2, 0.25) is 0 Å². The summed E-state index contributed by atoms with van der Waals surface area (Å²) < 4.78 is 4.88. The quantitative estimate of drug-likeness (QED) is 0.625. The molecule has 0 saturated heterocycles. The van der Waals surface area contributed by atoms with Crippen molar-refractivity contribution in [2.75, 3.05) is 7.11 Å². The standard InChI is InChI=1S/C18H14O3/c1-21-18(20)16-13-9-5-6-10-14(13)17(19)15(16)11-12-7-3-2-4-8-12/h2-11,16H,1H3/b15-11+. The van der Waals surface area contributed by atoms with E-state index in [2.05, 4.69) is 0 Å². The maximum absolute atomic E-state index is 12.6. The number of Topliss-reactive ketones (excluding diaryl/α,β-unsaturated/α-hetero) is 1. The Kier molecular flexibility index (Phi) is 3.40. The molecule has 1 aliphatic carbocycles. The van der Waals surface area contributed by atoms with E-state index < -0.39 is 11.9 Å². The molecule has 0 aromatic heterocycles. The minimum Gasteiger partial charge on any atom is -0.468 e. The highest BCUT2D eigenvalue weighted by atomic mass is 16.5. The number of esters is 1. The summed E-state index contributed by atoms with van der Waals surface area (Å²) in [7, 11) is 1.34. The van der Waals surface area contributed by atoms with Crippen molar-refractivity contribution in [2.24, 2.45) is 0 Å². The minimum atomic E-state index is -0.640. The van der Waals surface area contributed by atoms with Crippen LogP contribution >= 0.6 is 0 Å². The van der Waals surface area contributed by atoms with Gasteiger partial charge in [-0.05, 0) is 17.2 Å². The summed E-state index contributed by atoms with van der Waals surface area (Å²) in [6.07, 6.45) is 1.77. The van der Waals surface area contributed by atoms with E-state index >= 15 is 0 Å². The molecular weight excluding hydrogens is 264 g/mol. The van der Waals surface area contributed by atoms with Gasteiger partial charge < -0.3 is 4.74 Å². The van der Waals surface area contributed by atoms with Crippen molar-refractivity contribution in [3.05, 3.63) is 76.9 Å². The van der Waals surface area contributed by atoms with Gasteiger partial charge in [0.05, 0.1) is 7.11 Å². The van der Waals surface area contributed by atoms with Crippen LogP contribution in [0.3, 0.4) is 0 Å². The van der Waals surface area contributed by atoms with Gasteiger partial charge in [0.25, 0.3) is 0 Å². The van der Waals surface area contributed by atoms with Crippen LogP contribution in [0.4, 0.5) is 0 Å². The topological polar surface area (TPSA) is 43.4 Å². The van der Waals surface area contributed by atoms with E-state index in [4.69, 9.17) is 4.74 Å². The number of rotatable bonds is 2. The molecule has 3 rings (SSSR count). The molecule has 1 aliphatic rings. The van der Waals surface area contributed by atoms with Crippen molar-refractivity contribution in [2.45, 2.75) is 5.92 Å². The molecule has 1 unspecified atom stereocenters. The summed E-state index contributed by atoms with van der Waals surface area (Å²) in [6, 6.07) is 16.7. The Hall–Kier alpha value is -2.68. The van der Waals surface area contributed by atoms with Gasteiger partial charge in [-0.25, -0.2) is 0 Å². The number of fused-ring (bicyclic) bond motifs is 1. The summed E-state index contributed by atoms with van der Waals surface area (Å²) >= 11 is 0. The Bertz CT molecular complexity index is 729. The molecule has 0 amide bonds. The zero-order valence-electron chi connectivity index (χ0n) is 11.6. The van der Waals surface area contributed by atoms with Gasteiger partial charge in [0.15, 0.2) is 5.78 Å². The first-order valence-electron chi connectivity index (χ1n) is 6.70. The highest BCUT2D eigenvalue weighted by Gasteiger charge is 2.39. The molecule has 0 aliphatic heterocycles. The van der Waals surface area contributed by atoms with E-state index in [1.54, 1.807) is 24.3 Å². The monoisotopic (exact) mass is 278 g/mol. The highest BCUT2D eigenvalue weighted by Crippen LogP contribution is 2.39. The summed E-state index contributed by atoms with van der Waals surface area (Å²) in [6.45, 7) is 0. The van der Waals surface area contributed by atoms with Gasteiger partial charge in [0, 0.05) is 11.1 Å². The first kappa shape index (κ1) is 13.3. The van der Waals surface area contributed by atoms with Crippen LogP contribution < -0.4 is 0 Å². The molecule has 2 aromatic rings. The lowest BCUT2D eigenvalue weighted by Crippen LogP contribution is -2.14. The van der Waals surface area contributed by atoms with E-state index in [1.807, 2.05) is 36.4 Å². The summed E-state index contributed by atoms with van der Waals surface area (Å²) in [5.41, 5.74) is 2.66. The largest absolute Gasteiger partial charge is 0.468 e. The SMILES string of the molecule is COC(=O)C1/C(=C\c2ccccc2)C(=O)c2ccccc21. The van der Waals surface area contributed by atoms with Crippen LogP contribution in [0.2, 0.25) is 0 Å². The van der Waals surface area contributed by atoms with Gasteiger partial charge in [-0.2, -0.15) is 0 Å². The molecule has 0 radical (unpaired) electrons. The second kappa shape index (κ2) is 5.37. The Morgan fingerprint density at radius 2 is 1.71 bits per heavy atom. The molecule has 0 spiro atoms. The maximum Gasteiger partial charge on any atom is 0.317 e. The number of carbonyl (C=O) groups is 2. The average Bonchev–Trinajstić information content (AvgIpc) is 2.81. The molecule has 104 valence electrons. The highest BCUT2D eigenvalue weighted by molar-refractivity contribution is 6.20. The normalized spacial score (nSPS) is 18.6. The van der Waals surface area contributed by atoms with Gasteiger partial charge in [0.1, 0.15) is 5.92 Å². The summed E-state index contributed by atoms with van der Waals surface area (Å²) in [4.78, 5) is 24.7. The number of ketones is 1. The van der Waals surface area contributed by atoms with Crippen molar-refractivity contribution in [1.29, 1.82) is 0 Å². The van der Waals surface area contributed by atoms with Crippen LogP contribution in [-0.4, -0.2) is 18.9 Å². The number of hydrogen-bond acceptors (Lipinski definition) is 3. The first-order chi connectivity index (χ1) is 10.2. The predicted molar refractivity (Wildman–Crippen MR) is 79.9 cm³/mol. The third kappa shape index (κ3) is 2.27. The summed E-state index contributed by atoms with van der Waals surface area (Å²) in [5.74, 6) is -1.15. The molecule has 0 saturated carbocycles. The van der Waals surface area contributed by atoms with Crippen LogP contribution in [0.25, 0.3) is 6.08 Å². The Labute approximate surface area is 122 Å². The van der Waals surface area contributed by atoms with Gasteiger partial charge >= 0.3 is 5.97 Å². The minimum absolute atomic E-state index is 0.107. The Morgan fingerprint density at radius 1 is 1.05 bits per heavy atom. The van der Waals surface area contributed by atoms with Crippen LogP contribution in [0, 0.1) is 0 Å². The van der Waals surface area contributed by atoms with Crippen molar-refractivity contribution in [3.63, 3.8) is 0 Å². The number of carbonyl (C=O) groups excluding carboxylic acids is 2. The number of hydrogen-bond donors (Lipinski definition) is 0. The van der Waals surface area contributed by atoms with Crippen LogP contribution in [-0.2, 0) is 9.53 Å². The smallest absolute Gasteiger partial charge is 0.317 e. The van der Waals surface area contributed by atoms with Gasteiger partial charge in [-0.15, -0.1) is 0 Å². The number of methoxy groups -OCH3 is 1. The number of benzene rings is 2. The molecule has 21 heavy (non-hydrogen) atoms. The van der Waals surface area contributed by atoms with E-state index in [0.717, 1.165) is 11.1 Å². The second-order valence-electron chi connectivity index (χ2n) is 4.88. The average molecular weight is 278 g/mol. The molecular formula is C18H14O3. The lowest BCUT2D eigenvalue weighted by atomic mass is 9.96. The van der Waals surface area contributed by atoms with Gasteiger partial charge in [-0.3, -0.25) is 9.59 Å². The fourth-order valence-corrected chi connectivity index (χ4v) is 2.66. The lowest BCUT2D eigenvalue weighted by molar-refractivity contribution is -0.141. The molecule has 1 atom stereocenters. The maximum atomic E-state index is 12.6. The zero-order chi connectivity index (χ0) is 14.8. The molecule has 0 bridgehead atoms. The fraction of sp³-hybridized carbons (Fsp3) is 0.111. The van der Waals surface area contributed by atoms with Crippen molar-refractivity contribution in [1.82, 2.24) is 0 Å². The van der Waals surface area contributed by atoms with Crippen molar-refractivity contribution in [3.8, 4) is 0 Å². The third-order valence-electron chi connectivity index (χ3n) is 3.65. The molecule has 3 heteroatoms. The lowest BCUT2D eigenvalue weighted by Gasteiger charge is -2.10. The number of ether oxygens (including phenoxy) is 1. The molecule has 2 aromatic carbocycles. The van der Waals surface area contributed by atoms with Gasteiger partial charge in [-0.1, -0.05) is 54.6 Å². The van der Waals surface area contributed by atoms with E-state index in [1.165, 1.54) is 7.11 Å². The third-order valence-corrected chi connectivity index (χ3v) is 3.65. The Balaban J connectivity index is 2.14. The summed E-state index contributed by atoms with van der Waals surface area (Å²) in [5, 5.41) is 0. The predicted octanol–water partition coefficient (Wildman–Crippen LogP) is 3.22. The van der Waals surface area contributed by atoms with Crippen LogP contribution in [0.15, 0.2) is 60.2 Å². The van der Waals surface area contributed by atoms with E-state index in [-0.39, 0.29) is 5.78 Å². The van der Waals surface area contributed by atoms with E-state index in [0.29, 0.717) is 11.1 Å². The van der Waals surface area contributed by atoms with Crippen LogP contribution in [0.5, 0.6) is 0 Å². The second-order valence-corrected chi connectivity index (χ2v) is 4.88. The fourth-order valence-electron chi connectivity index (χ4n) is 2.66. The van der Waals surface area contributed by atoms with Crippen molar-refractivity contribution < 1.29 is 14.3 Å². The Morgan fingerprint density at radius 3 is 2.43 bits per heavy atom. The molecule has 0 fully saturated rings. The van der Waals surface area contributed by atoms with E-state index in [9.17, 15) is 9.59 Å².